The Hall–Kier alpha value is -1.75. The van der Waals surface area contributed by atoms with Gasteiger partial charge in [0.05, 0.1) is 19.6 Å². The van der Waals surface area contributed by atoms with Crippen molar-refractivity contribution in [2.45, 2.75) is 12.8 Å². The third-order valence-electron chi connectivity index (χ3n) is 2.47. The van der Waals surface area contributed by atoms with Crippen LogP contribution < -0.4 is 10.5 Å². The molecule has 0 saturated carbocycles. The van der Waals surface area contributed by atoms with E-state index in [1.807, 2.05) is 14.1 Å². The van der Waals surface area contributed by atoms with Crippen LogP contribution >= 0.6 is 0 Å². The summed E-state index contributed by atoms with van der Waals surface area (Å²) in [5.74, 6) is 0.476. The van der Waals surface area contributed by atoms with Gasteiger partial charge in [0.25, 0.3) is 0 Å². The maximum absolute atomic E-state index is 11.4. The molecule has 0 aliphatic heterocycles. The molecule has 0 unspecified atom stereocenters. The summed E-state index contributed by atoms with van der Waals surface area (Å²) in [5, 5.41) is 0. The van der Waals surface area contributed by atoms with Crippen molar-refractivity contribution in [3.05, 3.63) is 24.3 Å². The molecule has 1 aromatic rings. The Morgan fingerprint density at radius 1 is 1.21 bits per heavy atom. The van der Waals surface area contributed by atoms with Gasteiger partial charge < -0.3 is 20.1 Å². The molecular formula is C14H22N2O3. The third-order valence-corrected chi connectivity index (χ3v) is 2.47. The van der Waals surface area contributed by atoms with Crippen molar-refractivity contribution in [2.24, 2.45) is 0 Å². The number of nitrogens with two attached hydrogens (primary N) is 1. The third kappa shape index (κ3) is 7.31. The number of carbonyl (C=O) groups is 1. The summed E-state index contributed by atoms with van der Waals surface area (Å²) >= 11 is 0. The number of nitrogen functional groups attached to an aromatic ring is 1. The molecule has 106 valence electrons. The van der Waals surface area contributed by atoms with Crippen LogP contribution in [0.2, 0.25) is 0 Å². The van der Waals surface area contributed by atoms with Gasteiger partial charge in [0, 0.05) is 12.2 Å². The molecule has 0 amide bonds. The number of hydrogen-bond donors (Lipinski definition) is 1. The van der Waals surface area contributed by atoms with Crippen LogP contribution in [0.4, 0.5) is 5.69 Å². The molecule has 19 heavy (non-hydrogen) atoms. The Labute approximate surface area is 114 Å². The van der Waals surface area contributed by atoms with Gasteiger partial charge in [-0.1, -0.05) is 0 Å². The van der Waals surface area contributed by atoms with Crippen LogP contribution in [0.1, 0.15) is 12.8 Å². The molecule has 0 atom stereocenters. The molecule has 0 bridgehead atoms. The lowest BCUT2D eigenvalue weighted by Gasteiger charge is -2.10. The summed E-state index contributed by atoms with van der Waals surface area (Å²) in [5.41, 5.74) is 6.25. The first-order chi connectivity index (χ1) is 9.08. The van der Waals surface area contributed by atoms with Gasteiger partial charge in [0.1, 0.15) is 5.75 Å². The van der Waals surface area contributed by atoms with Crippen LogP contribution in [0.5, 0.6) is 5.75 Å². The van der Waals surface area contributed by atoms with Crippen LogP contribution in [-0.2, 0) is 9.53 Å². The Balaban J connectivity index is 2.08. The number of nitrogens with zero attached hydrogens (tertiary/aromatic N) is 1. The Kier molecular flexibility index (Phi) is 6.74. The van der Waals surface area contributed by atoms with Crippen molar-refractivity contribution >= 4 is 11.7 Å². The zero-order valence-corrected chi connectivity index (χ0v) is 11.6. The van der Waals surface area contributed by atoms with E-state index in [2.05, 4.69) is 4.90 Å². The van der Waals surface area contributed by atoms with Crippen LogP contribution in [-0.4, -0.2) is 44.7 Å². The van der Waals surface area contributed by atoms with Crippen molar-refractivity contribution in [1.29, 1.82) is 0 Å². The van der Waals surface area contributed by atoms with E-state index in [9.17, 15) is 4.79 Å². The second-order valence-corrected chi connectivity index (χ2v) is 4.54. The highest BCUT2D eigenvalue weighted by Gasteiger charge is 2.03. The molecular weight excluding hydrogens is 244 g/mol. The standard InChI is InChI=1S/C14H22N2O3/c1-16(2)9-3-10-19-14(17)8-11-18-13-6-4-12(15)5-7-13/h4-7H,3,8-11,15H2,1-2H3. The fourth-order valence-corrected chi connectivity index (χ4v) is 1.46. The molecule has 5 nitrogen and oxygen atoms in total. The summed E-state index contributed by atoms with van der Waals surface area (Å²) in [6, 6.07) is 7.07. The predicted octanol–water partition coefficient (Wildman–Crippen LogP) is 1.53. The largest absolute Gasteiger partial charge is 0.493 e. The van der Waals surface area contributed by atoms with Crippen molar-refractivity contribution in [2.75, 3.05) is 39.6 Å². The molecule has 1 aromatic carbocycles. The van der Waals surface area contributed by atoms with Crippen molar-refractivity contribution in [1.82, 2.24) is 4.90 Å². The predicted molar refractivity (Wildman–Crippen MR) is 75.1 cm³/mol. The van der Waals surface area contributed by atoms with Crippen molar-refractivity contribution in [3.63, 3.8) is 0 Å². The molecule has 1 rings (SSSR count). The highest BCUT2D eigenvalue weighted by Crippen LogP contribution is 2.13. The van der Waals surface area contributed by atoms with Gasteiger partial charge in [-0.3, -0.25) is 4.79 Å². The van der Waals surface area contributed by atoms with E-state index < -0.39 is 0 Å². The molecule has 0 aliphatic rings. The smallest absolute Gasteiger partial charge is 0.309 e. The number of hydrogen-bond acceptors (Lipinski definition) is 5. The fourth-order valence-electron chi connectivity index (χ4n) is 1.46. The Morgan fingerprint density at radius 3 is 2.53 bits per heavy atom. The number of ether oxygens (including phenoxy) is 2. The molecule has 0 fully saturated rings. The van der Waals surface area contributed by atoms with E-state index in [1.165, 1.54) is 0 Å². The molecule has 5 heteroatoms. The van der Waals surface area contributed by atoms with Gasteiger partial charge in [0.2, 0.25) is 0 Å². The maximum atomic E-state index is 11.4. The molecule has 0 aromatic heterocycles. The molecule has 0 saturated heterocycles. The quantitative estimate of drug-likeness (QED) is 0.439. The van der Waals surface area contributed by atoms with Gasteiger partial charge in [-0.05, 0) is 44.8 Å². The summed E-state index contributed by atoms with van der Waals surface area (Å²) in [6.45, 7) is 1.69. The zero-order valence-electron chi connectivity index (χ0n) is 11.6. The number of benzene rings is 1. The van der Waals surface area contributed by atoms with Gasteiger partial charge in [-0.25, -0.2) is 0 Å². The van der Waals surface area contributed by atoms with Crippen molar-refractivity contribution in [3.8, 4) is 5.75 Å². The van der Waals surface area contributed by atoms with E-state index in [0.29, 0.717) is 24.7 Å². The number of carbonyl (C=O) groups excluding carboxylic acids is 1. The molecule has 0 heterocycles. The van der Waals surface area contributed by atoms with Gasteiger partial charge in [-0.15, -0.1) is 0 Å². The van der Waals surface area contributed by atoms with E-state index in [0.717, 1.165) is 13.0 Å². The van der Waals surface area contributed by atoms with Crippen LogP contribution in [0.3, 0.4) is 0 Å². The van der Waals surface area contributed by atoms with E-state index in [1.54, 1.807) is 24.3 Å². The zero-order chi connectivity index (χ0) is 14.1. The van der Waals surface area contributed by atoms with E-state index in [-0.39, 0.29) is 12.4 Å². The lowest BCUT2D eigenvalue weighted by Crippen LogP contribution is -2.17. The Morgan fingerprint density at radius 2 is 1.89 bits per heavy atom. The second-order valence-electron chi connectivity index (χ2n) is 4.54. The number of anilines is 1. The first kappa shape index (κ1) is 15.3. The molecule has 2 N–H and O–H groups in total. The highest BCUT2D eigenvalue weighted by atomic mass is 16.5. The topological polar surface area (TPSA) is 64.8 Å². The summed E-state index contributed by atoms with van der Waals surface area (Å²) in [6.07, 6.45) is 1.10. The average molecular weight is 266 g/mol. The SMILES string of the molecule is CN(C)CCCOC(=O)CCOc1ccc(N)cc1. The lowest BCUT2D eigenvalue weighted by atomic mass is 10.3. The van der Waals surface area contributed by atoms with Gasteiger partial charge >= 0.3 is 5.97 Å². The minimum atomic E-state index is -0.228. The monoisotopic (exact) mass is 266 g/mol. The van der Waals surface area contributed by atoms with Crippen LogP contribution in [0, 0.1) is 0 Å². The highest BCUT2D eigenvalue weighted by molar-refractivity contribution is 5.69. The molecule has 0 radical (unpaired) electrons. The summed E-state index contributed by atoms with van der Waals surface area (Å²) in [4.78, 5) is 13.4. The number of rotatable bonds is 8. The van der Waals surface area contributed by atoms with Gasteiger partial charge in [-0.2, -0.15) is 0 Å². The van der Waals surface area contributed by atoms with Crippen LogP contribution in [0.25, 0.3) is 0 Å². The number of esters is 1. The normalized spacial score (nSPS) is 10.5. The minimum Gasteiger partial charge on any atom is -0.493 e. The minimum absolute atomic E-state index is 0.228. The fraction of sp³-hybridized carbons (Fsp3) is 0.500. The second kappa shape index (κ2) is 8.37. The lowest BCUT2D eigenvalue weighted by molar-refractivity contribution is -0.144. The summed E-state index contributed by atoms with van der Waals surface area (Å²) in [7, 11) is 3.98. The Bertz CT molecular complexity index is 377. The van der Waals surface area contributed by atoms with E-state index in [4.69, 9.17) is 15.2 Å². The summed E-state index contributed by atoms with van der Waals surface area (Å²) < 4.78 is 10.5. The average Bonchev–Trinajstić information content (AvgIpc) is 2.37. The molecule has 0 aliphatic carbocycles. The van der Waals surface area contributed by atoms with Crippen LogP contribution in [0.15, 0.2) is 24.3 Å². The van der Waals surface area contributed by atoms with Gasteiger partial charge in [0.15, 0.2) is 0 Å². The maximum Gasteiger partial charge on any atom is 0.309 e. The first-order valence-corrected chi connectivity index (χ1v) is 6.36. The first-order valence-electron chi connectivity index (χ1n) is 6.36. The van der Waals surface area contributed by atoms with Crippen molar-refractivity contribution < 1.29 is 14.3 Å². The van der Waals surface area contributed by atoms with E-state index >= 15 is 0 Å². The molecule has 0 spiro atoms.